The van der Waals surface area contributed by atoms with Gasteiger partial charge in [0.15, 0.2) is 5.69 Å². The van der Waals surface area contributed by atoms with E-state index in [1.165, 1.54) is 7.11 Å². The van der Waals surface area contributed by atoms with Crippen molar-refractivity contribution in [3.63, 3.8) is 0 Å². The van der Waals surface area contributed by atoms with Crippen molar-refractivity contribution in [2.45, 2.75) is 6.61 Å². The summed E-state index contributed by atoms with van der Waals surface area (Å²) in [5.74, 6) is 0.197. The number of pyridine rings is 1. The number of ether oxygens (including phenoxy) is 1. The Morgan fingerprint density at radius 3 is 2.94 bits per heavy atom. The first-order valence-corrected chi connectivity index (χ1v) is 6.13. The number of rotatable bonds is 4. The molecule has 16 heavy (non-hydrogen) atoms. The summed E-state index contributed by atoms with van der Waals surface area (Å²) >= 11 is 3.15. The highest BCUT2D eigenvalue weighted by Crippen LogP contribution is 2.27. The predicted molar refractivity (Wildman–Crippen MR) is 59.2 cm³/mol. The van der Waals surface area contributed by atoms with Crippen LogP contribution in [0.25, 0.3) is 0 Å². The van der Waals surface area contributed by atoms with Crippen LogP contribution in [0.2, 0.25) is 0 Å². The standard InChI is InChI=1S/C8H8BrN2O4P/c1-14-8-5(4-15-16(12)13)2-6(9)7(3-10)11-8/h2,16H,4H2,1H3,(H,12,13). The lowest BCUT2D eigenvalue weighted by atomic mass is 10.2. The van der Waals surface area contributed by atoms with Gasteiger partial charge >= 0.3 is 8.25 Å². The fraction of sp³-hybridized carbons (Fsp3) is 0.250. The van der Waals surface area contributed by atoms with Crippen LogP contribution in [-0.2, 0) is 15.7 Å². The fourth-order valence-electron chi connectivity index (χ4n) is 1.01. The molecule has 86 valence electrons. The van der Waals surface area contributed by atoms with E-state index in [1.54, 1.807) is 6.07 Å². The predicted octanol–water partition coefficient (Wildman–Crippen LogP) is 1.62. The summed E-state index contributed by atoms with van der Waals surface area (Å²) in [7, 11) is -1.61. The van der Waals surface area contributed by atoms with E-state index in [1.807, 2.05) is 6.07 Å². The van der Waals surface area contributed by atoms with E-state index in [4.69, 9.17) is 14.9 Å². The minimum Gasteiger partial charge on any atom is -0.481 e. The van der Waals surface area contributed by atoms with Gasteiger partial charge in [0.2, 0.25) is 5.88 Å². The summed E-state index contributed by atoms with van der Waals surface area (Å²) in [5.41, 5.74) is 0.665. The summed E-state index contributed by atoms with van der Waals surface area (Å²) in [6.45, 7) is -0.102. The van der Waals surface area contributed by atoms with E-state index in [2.05, 4.69) is 25.4 Å². The number of halogens is 1. The quantitative estimate of drug-likeness (QED) is 0.850. The van der Waals surface area contributed by atoms with Gasteiger partial charge in [-0.15, -0.1) is 0 Å². The normalized spacial score (nSPS) is 11.9. The second-order valence-electron chi connectivity index (χ2n) is 2.65. The molecule has 1 rings (SSSR count). The maximum Gasteiger partial charge on any atom is 0.316 e. The topological polar surface area (TPSA) is 92.4 Å². The number of hydrogen-bond donors (Lipinski definition) is 1. The number of nitrogens with zero attached hydrogens (tertiary/aromatic N) is 2. The van der Waals surface area contributed by atoms with Crippen LogP contribution < -0.4 is 4.74 Å². The highest BCUT2D eigenvalue weighted by Gasteiger charge is 2.11. The Labute approximate surface area is 101 Å². The zero-order valence-corrected chi connectivity index (χ0v) is 10.8. The molecular formula is C8H8BrN2O4P. The first kappa shape index (κ1) is 13.1. The molecule has 0 amide bonds. The third-order valence-corrected chi connectivity index (χ3v) is 2.66. The SMILES string of the molecule is COc1nc(C#N)c(Br)cc1CO[PH](=O)O. The lowest BCUT2D eigenvalue weighted by Gasteiger charge is -2.08. The number of methoxy groups -OCH3 is 1. The van der Waals surface area contributed by atoms with Crippen molar-refractivity contribution in [2.75, 3.05) is 7.11 Å². The smallest absolute Gasteiger partial charge is 0.316 e. The summed E-state index contributed by atoms with van der Waals surface area (Å²) < 4.78 is 20.4. The van der Waals surface area contributed by atoms with Crippen LogP contribution in [0.15, 0.2) is 10.5 Å². The second kappa shape index (κ2) is 5.97. The monoisotopic (exact) mass is 306 g/mol. The van der Waals surface area contributed by atoms with Crippen LogP contribution in [0.4, 0.5) is 0 Å². The van der Waals surface area contributed by atoms with Crippen molar-refractivity contribution in [3.8, 4) is 11.9 Å². The van der Waals surface area contributed by atoms with Crippen molar-refractivity contribution in [1.29, 1.82) is 5.26 Å². The molecule has 1 unspecified atom stereocenters. The molecule has 1 aromatic heterocycles. The molecule has 0 aliphatic rings. The molecule has 1 heterocycles. The molecule has 0 bridgehead atoms. The van der Waals surface area contributed by atoms with E-state index < -0.39 is 8.25 Å². The average molecular weight is 307 g/mol. The van der Waals surface area contributed by atoms with Crippen molar-refractivity contribution in [2.24, 2.45) is 0 Å². The molecule has 0 aliphatic carbocycles. The van der Waals surface area contributed by atoms with Gasteiger partial charge in [-0.05, 0) is 22.0 Å². The Morgan fingerprint density at radius 2 is 2.44 bits per heavy atom. The molecule has 1 atom stereocenters. The van der Waals surface area contributed by atoms with Gasteiger partial charge in [-0.3, -0.25) is 4.57 Å². The van der Waals surface area contributed by atoms with Crippen LogP contribution in [0.1, 0.15) is 11.3 Å². The van der Waals surface area contributed by atoms with Crippen LogP contribution in [0.5, 0.6) is 5.88 Å². The van der Waals surface area contributed by atoms with Crippen molar-refractivity contribution in [3.05, 3.63) is 21.8 Å². The van der Waals surface area contributed by atoms with E-state index in [0.717, 1.165) is 0 Å². The summed E-state index contributed by atoms with van der Waals surface area (Å²) in [6.07, 6.45) is 0. The van der Waals surface area contributed by atoms with Gasteiger partial charge in [0.05, 0.1) is 18.2 Å². The molecule has 1 N–H and O–H groups in total. The van der Waals surface area contributed by atoms with Gasteiger partial charge in [0, 0.05) is 5.56 Å². The number of aromatic nitrogens is 1. The molecule has 8 heteroatoms. The molecule has 0 saturated heterocycles. The van der Waals surface area contributed by atoms with Gasteiger partial charge < -0.3 is 14.2 Å². The third kappa shape index (κ3) is 3.29. The molecule has 0 radical (unpaired) electrons. The van der Waals surface area contributed by atoms with E-state index >= 15 is 0 Å². The number of hydrogen-bond acceptors (Lipinski definition) is 5. The zero-order chi connectivity index (χ0) is 12.1. The molecular weight excluding hydrogens is 299 g/mol. The lowest BCUT2D eigenvalue weighted by Crippen LogP contribution is -1.99. The molecule has 0 spiro atoms. The molecule has 1 aromatic rings. The van der Waals surface area contributed by atoms with E-state index in [-0.39, 0.29) is 18.2 Å². The maximum absolute atomic E-state index is 10.4. The Balaban J connectivity index is 3.04. The fourth-order valence-corrected chi connectivity index (χ4v) is 1.74. The Kier molecular flexibility index (Phi) is 4.90. The highest BCUT2D eigenvalue weighted by molar-refractivity contribution is 9.10. The van der Waals surface area contributed by atoms with Gasteiger partial charge in [-0.2, -0.15) is 5.26 Å². The van der Waals surface area contributed by atoms with Crippen LogP contribution >= 0.6 is 24.2 Å². The first-order chi connectivity index (χ1) is 7.58. The summed E-state index contributed by atoms with van der Waals surface area (Å²) in [6, 6.07) is 3.44. The lowest BCUT2D eigenvalue weighted by molar-refractivity contribution is 0.265. The summed E-state index contributed by atoms with van der Waals surface area (Å²) in [5, 5.41) is 8.73. The minimum atomic E-state index is -3.00. The van der Waals surface area contributed by atoms with Gasteiger partial charge in [0.25, 0.3) is 0 Å². The van der Waals surface area contributed by atoms with Gasteiger partial charge in [-0.1, -0.05) is 0 Å². The Morgan fingerprint density at radius 1 is 1.75 bits per heavy atom. The molecule has 0 saturated carbocycles. The second-order valence-corrected chi connectivity index (χ2v) is 4.33. The molecule has 0 aliphatic heterocycles. The van der Waals surface area contributed by atoms with Crippen LogP contribution in [0.3, 0.4) is 0 Å². The molecule has 0 aromatic carbocycles. The number of nitriles is 1. The Hall–Kier alpha value is -0.930. The zero-order valence-electron chi connectivity index (χ0n) is 8.23. The summed E-state index contributed by atoms with van der Waals surface area (Å²) in [4.78, 5) is 12.5. The maximum atomic E-state index is 10.4. The minimum absolute atomic E-state index is 0.102. The van der Waals surface area contributed by atoms with Crippen molar-refractivity contribution in [1.82, 2.24) is 4.98 Å². The van der Waals surface area contributed by atoms with Gasteiger partial charge in [-0.25, -0.2) is 4.98 Å². The highest BCUT2D eigenvalue weighted by atomic mass is 79.9. The van der Waals surface area contributed by atoms with Crippen molar-refractivity contribution < 1.29 is 18.7 Å². The van der Waals surface area contributed by atoms with Crippen LogP contribution in [-0.4, -0.2) is 17.0 Å². The molecule has 0 fully saturated rings. The Bertz CT molecular complexity index is 460. The van der Waals surface area contributed by atoms with E-state index in [9.17, 15) is 4.57 Å². The van der Waals surface area contributed by atoms with Gasteiger partial charge in [0.1, 0.15) is 6.07 Å². The molecule has 6 nitrogen and oxygen atoms in total. The largest absolute Gasteiger partial charge is 0.481 e. The first-order valence-electron chi connectivity index (χ1n) is 4.07. The van der Waals surface area contributed by atoms with Crippen molar-refractivity contribution >= 4 is 24.2 Å². The van der Waals surface area contributed by atoms with E-state index in [0.29, 0.717) is 10.0 Å². The third-order valence-electron chi connectivity index (χ3n) is 1.67. The average Bonchev–Trinajstić information content (AvgIpc) is 2.26. The van der Waals surface area contributed by atoms with Crippen LogP contribution in [0, 0.1) is 11.3 Å².